The van der Waals surface area contributed by atoms with Crippen molar-refractivity contribution in [2.45, 2.75) is 77.7 Å². The molecule has 42 heavy (non-hydrogen) atoms. The third kappa shape index (κ3) is 6.04. The van der Waals surface area contributed by atoms with Gasteiger partial charge in [-0.2, -0.15) is 0 Å². The Morgan fingerprint density at radius 1 is 0.929 bits per heavy atom. The molecule has 0 N–H and O–H groups in total. The van der Waals surface area contributed by atoms with Gasteiger partial charge in [0.1, 0.15) is 17.5 Å². The number of rotatable bonds is 4. The predicted octanol–water partition coefficient (Wildman–Crippen LogP) is 6.64. The van der Waals surface area contributed by atoms with Gasteiger partial charge in [-0.3, -0.25) is 0 Å². The third-order valence-electron chi connectivity index (χ3n) is 8.81. The summed E-state index contributed by atoms with van der Waals surface area (Å²) >= 11 is 0. The molecular weight excluding hydrogens is 524 g/mol. The highest BCUT2D eigenvalue weighted by Crippen LogP contribution is 2.38. The van der Waals surface area contributed by atoms with Crippen LogP contribution in [0.5, 0.6) is 0 Å². The highest BCUT2D eigenvalue weighted by atomic mass is 16.6. The molecule has 4 heterocycles. The first-order valence-electron chi connectivity index (χ1n) is 15.4. The number of nitrogens with zero attached hydrogens (tertiary/aromatic N) is 4. The summed E-state index contributed by atoms with van der Waals surface area (Å²) in [7, 11) is 2.19. The molecule has 3 aromatic rings. The van der Waals surface area contributed by atoms with Gasteiger partial charge in [-0.25, -0.2) is 9.78 Å². The number of fused-ring (bicyclic) bond motifs is 2. The summed E-state index contributed by atoms with van der Waals surface area (Å²) in [5.74, 6) is 1.02. The molecule has 2 aromatic carbocycles. The van der Waals surface area contributed by atoms with E-state index < -0.39 is 5.60 Å². The molecule has 0 bridgehead atoms. The van der Waals surface area contributed by atoms with Crippen molar-refractivity contribution in [1.82, 2.24) is 19.4 Å². The zero-order chi connectivity index (χ0) is 29.4. The lowest BCUT2D eigenvalue weighted by atomic mass is 9.97. The van der Waals surface area contributed by atoms with Crippen LogP contribution in [-0.2, 0) is 22.4 Å². The summed E-state index contributed by atoms with van der Waals surface area (Å²) < 4.78 is 14.8. The van der Waals surface area contributed by atoms with E-state index in [4.69, 9.17) is 14.5 Å². The lowest BCUT2D eigenvalue weighted by Crippen LogP contribution is -2.39. The molecule has 0 aliphatic carbocycles. The second kappa shape index (κ2) is 11.7. The van der Waals surface area contributed by atoms with E-state index in [1.54, 1.807) is 4.90 Å². The van der Waals surface area contributed by atoms with Crippen LogP contribution in [0, 0.1) is 6.92 Å². The van der Waals surface area contributed by atoms with Gasteiger partial charge in [0.05, 0.1) is 11.8 Å². The molecule has 1 saturated heterocycles. The van der Waals surface area contributed by atoms with Gasteiger partial charge < -0.3 is 23.8 Å². The second-order valence-corrected chi connectivity index (χ2v) is 13.0. The number of piperidine rings is 1. The van der Waals surface area contributed by atoms with E-state index in [1.165, 1.54) is 28.0 Å². The number of imidazole rings is 1. The minimum atomic E-state index is -0.483. The number of likely N-dealkylation sites (tertiary alicyclic amines) is 1. The average Bonchev–Trinajstić information content (AvgIpc) is 3.22. The molecule has 0 saturated carbocycles. The van der Waals surface area contributed by atoms with E-state index >= 15 is 0 Å². The van der Waals surface area contributed by atoms with Gasteiger partial charge in [0.25, 0.3) is 0 Å². The molecule has 1 amide bonds. The molecule has 1 unspecified atom stereocenters. The fourth-order valence-electron chi connectivity index (χ4n) is 6.41. The second-order valence-electron chi connectivity index (χ2n) is 13.0. The van der Waals surface area contributed by atoms with Crippen LogP contribution in [0.1, 0.15) is 74.3 Å². The number of amides is 1. The number of hydrogen-bond donors (Lipinski definition) is 0. The van der Waals surface area contributed by atoms with Crippen molar-refractivity contribution in [3.63, 3.8) is 0 Å². The molecule has 7 nitrogen and oxygen atoms in total. The molecule has 0 spiro atoms. The van der Waals surface area contributed by atoms with Crippen molar-refractivity contribution in [1.29, 1.82) is 0 Å². The van der Waals surface area contributed by atoms with E-state index in [2.05, 4.69) is 78.0 Å². The Bertz CT molecular complexity index is 1460. The van der Waals surface area contributed by atoms with Crippen molar-refractivity contribution in [2.75, 3.05) is 33.2 Å². The zero-order valence-corrected chi connectivity index (χ0v) is 25.7. The smallest absolute Gasteiger partial charge is 0.410 e. The standard InChI is InChI=1S/C35H44N4O3/c1-24-31(28-12-10-25(11-13-28)26-14-21-38(22-15-26)34(40)42-35(2,3)4)36-33-32(41-29-17-19-37(5)20-18-29)30-9-7-6-8-27(30)16-23-39(24)33/h6-14,29,32H,15-23H2,1-5H3. The fraction of sp³-hybridized carbons (Fsp3) is 0.486. The van der Waals surface area contributed by atoms with Gasteiger partial charge in [0, 0.05) is 44.0 Å². The third-order valence-corrected chi connectivity index (χ3v) is 8.81. The lowest BCUT2D eigenvalue weighted by molar-refractivity contribution is -0.0276. The summed E-state index contributed by atoms with van der Waals surface area (Å²) in [5.41, 5.74) is 7.93. The van der Waals surface area contributed by atoms with Crippen molar-refractivity contribution in [3.05, 3.63) is 82.8 Å². The Kier molecular flexibility index (Phi) is 7.99. The molecule has 1 atom stereocenters. The maximum Gasteiger partial charge on any atom is 0.410 e. The quantitative estimate of drug-likeness (QED) is 0.353. The van der Waals surface area contributed by atoms with Gasteiger partial charge in [0.2, 0.25) is 0 Å². The van der Waals surface area contributed by atoms with Crippen molar-refractivity contribution >= 4 is 11.7 Å². The first-order chi connectivity index (χ1) is 20.2. The maximum atomic E-state index is 12.5. The van der Waals surface area contributed by atoms with Crippen LogP contribution in [0.2, 0.25) is 0 Å². The fourth-order valence-corrected chi connectivity index (χ4v) is 6.41. The first-order valence-corrected chi connectivity index (χ1v) is 15.4. The molecule has 6 rings (SSSR count). The van der Waals surface area contributed by atoms with Gasteiger partial charge in [-0.05, 0) is 82.7 Å². The normalized spacial score (nSPS) is 20.0. The minimum absolute atomic E-state index is 0.163. The number of aryl methyl sites for hydroxylation is 1. The van der Waals surface area contributed by atoms with Gasteiger partial charge in [0.15, 0.2) is 0 Å². The lowest BCUT2D eigenvalue weighted by Gasteiger charge is -2.32. The van der Waals surface area contributed by atoms with Crippen LogP contribution in [-0.4, -0.2) is 70.4 Å². The Morgan fingerprint density at radius 2 is 1.64 bits per heavy atom. The van der Waals surface area contributed by atoms with Gasteiger partial charge >= 0.3 is 6.09 Å². The molecule has 0 radical (unpaired) electrons. The largest absolute Gasteiger partial charge is 0.444 e. The Morgan fingerprint density at radius 3 is 2.33 bits per heavy atom. The number of ether oxygens (including phenoxy) is 2. The maximum absolute atomic E-state index is 12.5. The molecule has 7 heteroatoms. The van der Waals surface area contributed by atoms with Crippen LogP contribution in [0.15, 0.2) is 54.6 Å². The number of carbonyl (C=O) groups is 1. The topological polar surface area (TPSA) is 59.8 Å². The van der Waals surface area contributed by atoms with Crippen molar-refractivity contribution in [2.24, 2.45) is 0 Å². The van der Waals surface area contributed by atoms with Crippen molar-refractivity contribution in [3.8, 4) is 11.3 Å². The van der Waals surface area contributed by atoms with Crippen LogP contribution >= 0.6 is 0 Å². The molecule has 222 valence electrons. The summed E-state index contributed by atoms with van der Waals surface area (Å²) in [4.78, 5) is 21.9. The Balaban J connectivity index is 1.24. The summed E-state index contributed by atoms with van der Waals surface area (Å²) in [5, 5.41) is 0. The minimum Gasteiger partial charge on any atom is -0.444 e. The monoisotopic (exact) mass is 568 g/mol. The van der Waals surface area contributed by atoms with Gasteiger partial charge in [-0.1, -0.05) is 54.6 Å². The Labute approximate surface area is 250 Å². The SMILES string of the molecule is Cc1c(-c2ccc(C3=CCN(C(=O)OC(C)(C)C)CC3)cc2)nc2n1CCc1ccccc1C2OC1CCN(C)CC1. The van der Waals surface area contributed by atoms with E-state index in [0.717, 1.165) is 62.4 Å². The van der Waals surface area contributed by atoms with Crippen molar-refractivity contribution < 1.29 is 14.3 Å². The summed E-state index contributed by atoms with van der Waals surface area (Å²) in [6.45, 7) is 12.2. The summed E-state index contributed by atoms with van der Waals surface area (Å²) in [6.07, 6.45) is 5.86. The van der Waals surface area contributed by atoms with Gasteiger partial charge in [-0.15, -0.1) is 0 Å². The number of carbonyl (C=O) groups excluding carboxylic acids is 1. The van der Waals surface area contributed by atoms with E-state index in [-0.39, 0.29) is 18.3 Å². The molecular formula is C35H44N4O3. The van der Waals surface area contributed by atoms with E-state index in [1.807, 2.05) is 20.8 Å². The predicted molar refractivity (Wildman–Crippen MR) is 166 cm³/mol. The molecule has 3 aliphatic rings. The molecule has 3 aliphatic heterocycles. The number of aromatic nitrogens is 2. The highest BCUT2D eigenvalue weighted by molar-refractivity contribution is 5.74. The molecule has 1 aromatic heterocycles. The average molecular weight is 569 g/mol. The van der Waals surface area contributed by atoms with Crippen LogP contribution in [0.25, 0.3) is 16.8 Å². The zero-order valence-electron chi connectivity index (χ0n) is 25.7. The Hall–Kier alpha value is -3.42. The van der Waals surface area contributed by atoms with Crippen LogP contribution in [0.3, 0.4) is 0 Å². The number of benzene rings is 2. The van der Waals surface area contributed by atoms with E-state index in [0.29, 0.717) is 13.1 Å². The molecule has 1 fully saturated rings. The number of hydrogen-bond acceptors (Lipinski definition) is 5. The highest BCUT2D eigenvalue weighted by Gasteiger charge is 2.32. The summed E-state index contributed by atoms with van der Waals surface area (Å²) in [6, 6.07) is 17.5. The van der Waals surface area contributed by atoms with Crippen LogP contribution < -0.4 is 0 Å². The van der Waals surface area contributed by atoms with E-state index in [9.17, 15) is 4.79 Å². The first kappa shape index (κ1) is 28.7. The van der Waals surface area contributed by atoms with Crippen LogP contribution in [0.4, 0.5) is 4.79 Å².